The molecule has 3 heteroatoms. The second kappa shape index (κ2) is 7.93. The van der Waals surface area contributed by atoms with E-state index in [1.54, 1.807) is 6.07 Å². The molecule has 0 bridgehead atoms. The van der Waals surface area contributed by atoms with Crippen LogP contribution >= 0.6 is 0 Å². The average Bonchev–Trinajstić information content (AvgIpc) is 2.65. The van der Waals surface area contributed by atoms with Gasteiger partial charge in [0.25, 0.3) is 0 Å². The average molecular weight is 338 g/mol. The summed E-state index contributed by atoms with van der Waals surface area (Å²) in [6, 6.07) is 21.1. The van der Waals surface area contributed by atoms with Gasteiger partial charge >= 0.3 is 0 Å². The van der Waals surface area contributed by atoms with Gasteiger partial charge in [0.1, 0.15) is 0 Å². The zero-order valence-corrected chi connectivity index (χ0v) is 14.1. The molecule has 0 amide bonds. The van der Waals surface area contributed by atoms with E-state index in [0.29, 0.717) is 0 Å². The summed E-state index contributed by atoms with van der Waals surface area (Å²) in [5.41, 5.74) is 5.24. The Balaban J connectivity index is 1.81. The van der Waals surface area contributed by atoms with Gasteiger partial charge < -0.3 is 4.74 Å². The first-order chi connectivity index (χ1) is 12.2. The van der Waals surface area contributed by atoms with Crippen LogP contribution in [0.2, 0.25) is 0 Å². The molecule has 0 aliphatic carbocycles. The summed E-state index contributed by atoms with van der Waals surface area (Å²) < 4.78 is 30.6. The van der Waals surface area contributed by atoms with Crippen molar-refractivity contribution in [2.75, 3.05) is 6.86 Å². The minimum atomic E-state index is -1.04. The quantitative estimate of drug-likeness (QED) is 0.504. The van der Waals surface area contributed by atoms with Crippen LogP contribution in [-0.4, -0.2) is 6.86 Å². The minimum Gasteiger partial charge on any atom is -0.460 e. The van der Waals surface area contributed by atoms with E-state index in [4.69, 9.17) is 0 Å². The van der Waals surface area contributed by atoms with Gasteiger partial charge in [-0.1, -0.05) is 67.9 Å². The molecule has 0 aliphatic heterocycles. The third-order valence-corrected chi connectivity index (χ3v) is 4.19. The van der Waals surface area contributed by atoms with Gasteiger partial charge in [-0.15, -0.1) is 0 Å². The fourth-order valence-electron chi connectivity index (χ4n) is 2.86. The first kappa shape index (κ1) is 17.2. The van der Waals surface area contributed by atoms with Crippen LogP contribution in [0.5, 0.6) is 5.75 Å². The maximum absolute atomic E-state index is 13.9. The summed E-state index contributed by atoms with van der Waals surface area (Å²) >= 11 is 0. The topological polar surface area (TPSA) is 9.23 Å². The lowest BCUT2D eigenvalue weighted by Crippen LogP contribution is -1.93. The van der Waals surface area contributed by atoms with E-state index in [1.807, 2.05) is 24.3 Å². The number of hydrogen-bond donors (Lipinski definition) is 0. The van der Waals surface area contributed by atoms with Crippen molar-refractivity contribution in [3.63, 3.8) is 0 Å². The standard InChI is InChI=1S/C22H20F2O/c1-2-3-16-4-6-17(7-5-16)18-8-10-19(11-9-18)20-12-13-22(25-15-23)21(24)14-20/h4-14H,2-3,15H2,1H3. The Morgan fingerprint density at radius 3 is 1.80 bits per heavy atom. The number of ether oxygens (including phenoxy) is 1. The molecule has 0 aromatic heterocycles. The Morgan fingerprint density at radius 1 is 0.760 bits per heavy atom. The predicted octanol–water partition coefficient (Wildman–Crippen LogP) is 6.42. The zero-order chi connectivity index (χ0) is 17.6. The Hall–Kier alpha value is -2.68. The normalized spacial score (nSPS) is 10.7. The maximum atomic E-state index is 13.9. The van der Waals surface area contributed by atoms with Gasteiger partial charge in [-0.25, -0.2) is 8.78 Å². The lowest BCUT2D eigenvalue weighted by atomic mass is 9.99. The van der Waals surface area contributed by atoms with Crippen LogP contribution < -0.4 is 4.74 Å². The van der Waals surface area contributed by atoms with E-state index >= 15 is 0 Å². The van der Waals surface area contributed by atoms with E-state index in [2.05, 4.69) is 35.9 Å². The molecule has 0 N–H and O–H groups in total. The summed E-state index contributed by atoms with van der Waals surface area (Å²) in [4.78, 5) is 0. The van der Waals surface area contributed by atoms with Gasteiger partial charge in [-0.3, -0.25) is 0 Å². The van der Waals surface area contributed by atoms with Crippen LogP contribution in [0.15, 0.2) is 66.7 Å². The van der Waals surface area contributed by atoms with Crippen LogP contribution in [0.1, 0.15) is 18.9 Å². The van der Waals surface area contributed by atoms with E-state index in [1.165, 1.54) is 17.7 Å². The van der Waals surface area contributed by atoms with Crippen molar-refractivity contribution >= 4 is 0 Å². The number of hydrogen-bond acceptors (Lipinski definition) is 1. The highest BCUT2D eigenvalue weighted by molar-refractivity contribution is 5.70. The molecule has 0 radical (unpaired) electrons. The summed E-state index contributed by atoms with van der Waals surface area (Å²) in [5.74, 6) is -0.638. The summed E-state index contributed by atoms with van der Waals surface area (Å²) in [6.45, 7) is 1.13. The summed E-state index contributed by atoms with van der Waals surface area (Å²) in [7, 11) is 0. The van der Waals surface area contributed by atoms with E-state index in [-0.39, 0.29) is 5.75 Å². The molecular weight excluding hydrogens is 318 g/mol. The van der Waals surface area contributed by atoms with Gasteiger partial charge in [0.15, 0.2) is 11.6 Å². The van der Waals surface area contributed by atoms with Crippen LogP contribution in [0.4, 0.5) is 8.78 Å². The Morgan fingerprint density at radius 2 is 1.28 bits per heavy atom. The summed E-state index contributed by atoms with van der Waals surface area (Å²) in [6.07, 6.45) is 2.23. The Bertz CT molecular complexity index is 824. The lowest BCUT2D eigenvalue weighted by Gasteiger charge is -2.08. The molecular formula is C22H20F2O. The smallest absolute Gasteiger partial charge is 0.228 e. The first-order valence-corrected chi connectivity index (χ1v) is 8.39. The second-order valence-electron chi connectivity index (χ2n) is 5.92. The second-order valence-corrected chi connectivity index (χ2v) is 5.92. The molecule has 1 nitrogen and oxygen atoms in total. The zero-order valence-electron chi connectivity index (χ0n) is 14.1. The molecule has 0 unspecified atom stereocenters. The molecule has 0 aliphatic rings. The molecule has 128 valence electrons. The van der Waals surface area contributed by atoms with Gasteiger partial charge in [0.05, 0.1) is 0 Å². The number of benzene rings is 3. The fraction of sp³-hybridized carbons (Fsp3) is 0.182. The van der Waals surface area contributed by atoms with E-state index in [0.717, 1.165) is 35.1 Å². The Kier molecular flexibility index (Phi) is 5.44. The van der Waals surface area contributed by atoms with Crippen molar-refractivity contribution in [3.05, 3.63) is 78.1 Å². The molecule has 3 rings (SSSR count). The van der Waals surface area contributed by atoms with Crippen LogP contribution in [0.25, 0.3) is 22.3 Å². The number of halogens is 2. The third kappa shape index (κ3) is 4.05. The van der Waals surface area contributed by atoms with Gasteiger partial charge in [0, 0.05) is 0 Å². The SMILES string of the molecule is CCCc1ccc(-c2ccc(-c3ccc(OCF)c(F)c3)cc2)cc1. The van der Waals surface area contributed by atoms with Crippen molar-refractivity contribution in [2.24, 2.45) is 0 Å². The van der Waals surface area contributed by atoms with Gasteiger partial charge in [-0.2, -0.15) is 0 Å². The first-order valence-electron chi connectivity index (χ1n) is 8.39. The monoisotopic (exact) mass is 338 g/mol. The van der Waals surface area contributed by atoms with Crippen molar-refractivity contribution in [3.8, 4) is 28.0 Å². The Labute approximate surface area is 146 Å². The molecule has 25 heavy (non-hydrogen) atoms. The van der Waals surface area contributed by atoms with E-state index < -0.39 is 12.7 Å². The highest BCUT2D eigenvalue weighted by Crippen LogP contribution is 2.28. The van der Waals surface area contributed by atoms with Crippen molar-refractivity contribution < 1.29 is 13.5 Å². The largest absolute Gasteiger partial charge is 0.460 e. The molecule has 0 saturated heterocycles. The van der Waals surface area contributed by atoms with Crippen LogP contribution in [-0.2, 0) is 6.42 Å². The maximum Gasteiger partial charge on any atom is 0.228 e. The molecule has 0 atom stereocenters. The van der Waals surface area contributed by atoms with Crippen LogP contribution in [0, 0.1) is 5.82 Å². The van der Waals surface area contributed by atoms with E-state index in [9.17, 15) is 8.78 Å². The number of alkyl halides is 1. The number of rotatable bonds is 6. The third-order valence-electron chi connectivity index (χ3n) is 4.19. The molecule has 0 saturated carbocycles. The molecule has 3 aromatic rings. The highest BCUT2D eigenvalue weighted by atomic mass is 19.1. The van der Waals surface area contributed by atoms with Crippen molar-refractivity contribution in [2.45, 2.75) is 19.8 Å². The van der Waals surface area contributed by atoms with Gasteiger partial charge in [0.2, 0.25) is 6.86 Å². The predicted molar refractivity (Wildman–Crippen MR) is 97.9 cm³/mol. The molecule has 0 heterocycles. The minimum absolute atomic E-state index is 0.0740. The van der Waals surface area contributed by atoms with Gasteiger partial charge in [-0.05, 0) is 46.4 Å². The number of aryl methyl sites for hydroxylation is 1. The molecule has 0 spiro atoms. The molecule has 0 fully saturated rings. The van der Waals surface area contributed by atoms with Crippen LogP contribution in [0.3, 0.4) is 0 Å². The summed E-state index contributed by atoms with van der Waals surface area (Å²) in [5, 5.41) is 0. The van der Waals surface area contributed by atoms with Crippen molar-refractivity contribution in [1.29, 1.82) is 0 Å². The molecule has 3 aromatic carbocycles. The fourth-order valence-corrected chi connectivity index (χ4v) is 2.86. The highest BCUT2D eigenvalue weighted by Gasteiger charge is 2.07. The van der Waals surface area contributed by atoms with Crippen molar-refractivity contribution in [1.82, 2.24) is 0 Å². The lowest BCUT2D eigenvalue weighted by molar-refractivity contribution is 0.184.